The van der Waals surface area contributed by atoms with Crippen LogP contribution in [0.3, 0.4) is 0 Å². The highest BCUT2D eigenvalue weighted by Crippen LogP contribution is 2.20. The molecule has 0 aliphatic heterocycles. The Balaban J connectivity index is 2.62. The Morgan fingerprint density at radius 1 is 1.53 bits per heavy atom. The zero-order valence-electron chi connectivity index (χ0n) is 11.5. The molecule has 5 heteroatoms. The average molecular weight is 269 g/mol. The van der Waals surface area contributed by atoms with E-state index in [0.29, 0.717) is 12.1 Å². The number of carbonyl (C=O) groups is 1. The summed E-state index contributed by atoms with van der Waals surface area (Å²) in [5, 5.41) is 12.1. The average Bonchev–Trinajstić information content (AvgIpc) is 2.34. The van der Waals surface area contributed by atoms with Crippen LogP contribution < -0.4 is 10.1 Å². The number of nitrogens with one attached hydrogen (secondary N) is 1. The van der Waals surface area contributed by atoms with Crippen LogP contribution >= 0.6 is 0 Å². The molecular formula is C14H20FNO3. The predicted molar refractivity (Wildman–Crippen MR) is 71.0 cm³/mol. The fourth-order valence-electron chi connectivity index (χ4n) is 1.76. The van der Waals surface area contributed by atoms with Gasteiger partial charge < -0.3 is 15.2 Å². The third kappa shape index (κ3) is 3.92. The van der Waals surface area contributed by atoms with Crippen LogP contribution in [0.4, 0.5) is 4.39 Å². The maximum Gasteiger partial charge on any atom is 0.323 e. The molecule has 0 aromatic heterocycles. The minimum Gasteiger partial charge on any atom is -0.490 e. The van der Waals surface area contributed by atoms with Gasteiger partial charge in [0.1, 0.15) is 5.54 Å². The van der Waals surface area contributed by atoms with Crippen LogP contribution in [0.15, 0.2) is 18.2 Å². The SMILES string of the molecule is CCNC(C)(CCOc1cccc(C)c1F)C(=O)O. The zero-order chi connectivity index (χ0) is 14.5. The lowest BCUT2D eigenvalue weighted by molar-refractivity contribution is -0.144. The number of carboxylic acids is 1. The van der Waals surface area contributed by atoms with Crippen molar-refractivity contribution in [3.63, 3.8) is 0 Å². The van der Waals surface area contributed by atoms with Gasteiger partial charge in [0, 0.05) is 6.42 Å². The van der Waals surface area contributed by atoms with Crippen LogP contribution in [0.2, 0.25) is 0 Å². The monoisotopic (exact) mass is 269 g/mol. The van der Waals surface area contributed by atoms with E-state index in [2.05, 4.69) is 5.32 Å². The molecule has 0 bridgehead atoms. The van der Waals surface area contributed by atoms with Gasteiger partial charge in [-0.15, -0.1) is 0 Å². The van der Waals surface area contributed by atoms with Crippen LogP contribution in [0.25, 0.3) is 0 Å². The van der Waals surface area contributed by atoms with Crippen LogP contribution in [0.1, 0.15) is 25.8 Å². The molecule has 4 nitrogen and oxygen atoms in total. The highest BCUT2D eigenvalue weighted by Gasteiger charge is 2.31. The Morgan fingerprint density at radius 3 is 2.79 bits per heavy atom. The maximum absolute atomic E-state index is 13.7. The summed E-state index contributed by atoms with van der Waals surface area (Å²) in [5.41, 5.74) is -0.556. The molecular weight excluding hydrogens is 249 g/mol. The van der Waals surface area contributed by atoms with Gasteiger partial charge in [0.2, 0.25) is 0 Å². The van der Waals surface area contributed by atoms with Gasteiger partial charge in [-0.25, -0.2) is 4.39 Å². The maximum atomic E-state index is 13.7. The van der Waals surface area contributed by atoms with Crippen LogP contribution in [0.5, 0.6) is 5.75 Å². The molecule has 0 aliphatic carbocycles. The number of hydrogen-bond acceptors (Lipinski definition) is 3. The van der Waals surface area contributed by atoms with Gasteiger partial charge in [0.05, 0.1) is 6.61 Å². The van der Waals surface area contributed by atoms with Gasteiger partial charge in [-0.1, -0.05) is 19.1 Å². The van der Waals surface area contributed by atoms with E-state index in [1.165, 1.54) is 6.07 Å². The van der Waals surface area contributed by atoms with E-state index in [0.717, 1.165) is 0 Å². The van der Waals surface area contributed by atoms with Crippen molar-refractivity contribution in [1.82, 2.24) is 5.32 Å². The van der Waals surface area contributed by atoms with E-state index in [1.807, 2.05) is 6.92 Å². The second kappa shape index (κ2) is 6.52. The topological polar surface area (TPSA) is 58.6 Å². The van der Waals surface area contributed by atoms with E-state index in [1.54, 1.807) is 26.0 Å². The smallest absolute Gasteiger partial charge is 0.323 e. The molecule has 0 fully saturated rings. The van der Waals surface area contributed by atoms with Crippen LogP contribution in [-0.4, -0.2) is 29.8 Å². The number of hydrogen-bond donors (Lipinski definition) is 2. The van der Waals surface area contributed by atoms with Crippen molar-refractivity contribution in [1.29, 1.82) is 0 Å². The van der Waals surface area contributed by atoms with E-state index < -0.39 is 17.3 Å². The summed E-state index contributed by atoms with van der Waals surface area (Å²) in [6.07, 6.45) is 0.254. The fourth-order valence-corrected chi connectivity index (χ4v) is 1.76. The fraction of sp³-hybridized carbons (Fsp3) is 0.500. The van der Waals surface area contributed by atoms with Crippen molar-refractivity contribution in [3.8, 4) is 5.75 Å². The minimum absolute atomic E-state index is 0.135. The first-order valence-corrected chi connectivity index (χ1v) is 6.27. The molecule has 1 aromatic rings. The van der Waals surface area contributed by atoms with Gasteiger partial charge in [0.15, 0.2) is 11.6 Å². The van der Waals surface area contributed by atoms with Crippen LogP contribution in [0, 0.1) is 12.7 Å². The number of benzene rings is 1. The Hall–Kier alpha value is -1.62. The Kier molecular flexibility index (Phi) is 5.30. The van der Waals surface area contributed by atoms with Gasteiger partial charge in [-0.05, 0) is 32.0 Å². The van der Waals surface area contributed by atoms with E-state index in [4.69, 9.17) is 9.84 Å². The summed E-state index contributed by atoms with van der Waals surface area (Å²) < 4.78 is 19.0. The lowest BCUT2D eigenvalue weighted by Crippen LogP contribution is -2.50. The third-order valence-corrected chi connectivity index (χ3v) is 3.05. The first kappa shape index (κ1) is 15.4. The normalized spacial score (nSPS) is 13.9. The number of aryl methyl sites for hydroxylation is 1. The van der Waals surface area contributed by atoms with Crippen molar-refractivity contribution in [2.45, 2.75) is 32.7 Å². The molecule has 1 aromatic carbocycles. The first-order valence-electron chi connectivity index (χ1n) is 6.27. The number of rotatable bonds is 7. The van der Waals surface area contributed by atoms with E-state index in [-0.39, 0.29) is 18.8 Å². The minimum atomic E-state index is -1.06. The molecule has 0 saturated carbocycles. The Bertz CT molecular complexity index is 450. The number of halogens is 1. The van der Waals surface area contributed by atoms with Crippen LogP contribution in [-0.2, 0) is 4.79 Å². The molecule has 0 saturated heterocycles. The lowest BCUT2D eigenvalue weighted by Gasteiger charge is -2.25. The summed E-state index contributed by atoms with van der Waals surface area (Å²) in [6.45, 7) is 5.76. The molecule has 2 N–H and O–H groups in total. The number of aliphatic carboxylic acids is 1. The van der Waals surface area contributed by atoms with Gasteiger partial charge >= 0.3 is 5.97 Å². The second-order valence-corrected chi connectivity index (χ2v) is 4.65. The standard InChI is InChI=1S/C14H20FNO3/c1-4-16-14(3,13(17)18)8-9-19-11-7-5-6-10(2)12(11)15/h5-7,16H,4,8-9H2,1-3H3,(H,17,18). The first-order chi connectivity index (χ1) is 8.90. The van der Waals surface area contributed by atoms with Crippen molar-refractivity contribution in [2.75, 3.05) is 13.2 Å². The summed E-state index contributed by atoms with van der Waals surface area (Å²) in [6, 6.07) is 4.89. The molecule has 1 unspecified atom stereocenters. The summed E-state index contributed by atoms with van der Waals surface area (Å²) in [7, 11) is 0. The molecule has 0 spiro atoms. The molecule has 0 heterocycles. The van der Waals surface area contributed by atoms with Crippen molar-refractivity contribution < 1.29 is 19.0 Å². The van der Waals surface area contributed by atoms with Crippen molar-refractivity contribution >= 4 is 5.97 Å². The Labute approximate surface area is 112 Å². The van der Waals surface area contributed by atoms with Gasteiger partial charge in [-0.3, -0.25) is 4.79 Å². The van der Waals surface area contributed by atoms with Crippen molar-refractivity contribution in [2.24, 2.45) is 0 Å². The molecule has 106 valence electrons. The molecule has 0 amide bonds. The Morgan fingerprint density at radius 2 is 2.21 bits per heavy atom. The van der Waals surface area contributed by atoms with Gasteiger partial charge in [0.25, 0.3) is 0 Å². The molecule has 0 radical (unpaired) electrons. The molecule has 0 aliphatic rings. The number of carboxylic acid groups (broad SMARTS) is 1. The second-order valence-electron chi connectivity index (χ2n) is 4.65. The van der Waals surface area contributed by atoms with E-state index in [9.17, 15) is 9.18 Å². The van der Waals surface area contributed by atoms with Crippen molar-refractivity contribution in [3.05, 3.63) is 29.6 Å². The highest BCUT2D eigenvalue weighted by atomic mass is 19.1. The third-order valence-electron chi connectivity index (χ3n) is 3.05. The quantitative estimate of drug-likeness (QED) is 0.797. The highest BCUT2D eigenvalue weighted by molar-refractivity contribution is 5.78. The zero-order valence-corrected chi connectivity index (χ0v) is 11.5. The summed E-state index contributed by atoms with van der Waals surface area (Å²) >= 11 is 0. The molecule has 19 heavy (non-hydrogen) atoms. The molecule has 1 rings (SSSR count). The summed E-state index contributed by atoms with van der Waals surface area (Å²) in [5.74, 6) is -1.19. The number of ether oxygens (including phenoxy) is 1. The largest absolute Gasteiger partial charge is 0.490 e. The summed E-state index contributed by atoms with van der Waals surface area (Å²) in [4.78, 5) is 11.2. The predicted octanol–water partition coefficient (Wildman–Crippen LogP) is 2.36. The van der Waals surface area contributed by atoms with E-state index >= 15 is 0 Å². The molecule has 1 atom stereocenters. The number of likely N-dealkylation sites (N-methyl/N-ethyl adjacent to an activating group) is 1. The van der Waals surface area contributed by atoms with Gasteiger partial charge in [-0.2, -0.15) is 0 Å². The lowest BCUT2D eigenvalue weighted by atomic mass is 9.98.